The van der Waals surface area contributed by atoms with Gasteiger partial charge in [-0.25, -0.2) is 4.98 Å². The number of nitrogens with zero attached hydrogens (tertiary/aromatic N) is 3. The van der Waals surface area contributed by atoms with Crippen LogP contribution in [0.25, 0.3) is 10.6 Å². The number of thiazole rings is 1. The predicted molar refractivity (Wildman–Crippen MR) is 90.5 cm³/mol. The maximum Gasteiger partial charge on any atom is 0.270 e. The van der Waals surface area contributed by atoms with Crippen molar-refractivity contribution in [2.24, 2.45) is 7.05 Å². The van der Waals surface area contributed by atoms with Crippen LogP contribution in [0.5, 0.6) is 0 Å². The molecule has 0 aliphatic carbocycles. The summed E-state index contributed by atoms with van der Waals surface area (Å²) in [7, 11) is 1.78. The van der Waals surface area contributed by atoms with E-state index in [0.29, 0.717) is 11.3 Å². The SMILES string of the molecule is Cn1cc(C(C)(O)CNC(=O)c2csc(-c3ccsc3)n2)cn1. The molecule has 0 aliphatic heterocycles. The van der Waals surface area contributed by atoms with Crippen LogP contribution in [0, 0.1) is 0 Å². The second kappa shape index (κ2) is 6.23. The number of nitrogens with one attached hydrogen (secondary N) is 1. The third-order valence-corrected chi connectivity index (χ3v) is 5.00. The first-order valence-electron chi connectivity index (χ1n) is 6.93. The van der Waals surface area contributed by atoms with Crippen LogP contribution in [0.1, 0.15) is 23.0 Å². The highest BCUT2D eigenvalue weighted by Crippen LogP contribution is 2.25. The van der Waals surface area contributed by atoms with Crippen molar-refractivity contribution < 1.29 is 9.90 Å². The zero-order valence-corrected chi connectivity index (χ0v) is 14.3. The highest BCUT2D eigenvalue weighted by atomic mass is 32.1. The van der Waals surface area contributed by atoms with Gasteiger partial charge in [0.15, 0.2) is 0 Å². The first kappa shape index (κ1) is 15.9. The largest absolute Gasteiger partial charge is 0.383 e. The molecule has 2 N–H and O–H groups in total. The van der Waals surface area contributed by atoms with E-state index in [1.165, 1.54) is 11.3 Å². The van der Waals surface area contributed by atoms with Gasteiger partial charge >= 0.3 is 0 Å². The van der Waals surface area contributed by atoms with E-state index in [1.807, 2.05) is 16.8 Å². The van der Waals surface area contributed by atoms with E-state index in [-0.39, 0.29) is 12.5 Å². The fourth-order valence-corrected chi connectivity index (χ4v) is 3.55. The molecule has 1 atom stereocenters. The van der Waals surface area contributed by atoms with Crippen molar-refractivity contribution in [3.8, 4) is 10.6 Å². The van der Waals surface area contributed by atoms with E-state index in [4.69, 9.17) is 0 Å². The number of carbonyl (C=O) groups is 1. The van der Waals surface area contributed by atoms with E-state index in [1.54, 1.807) is 47.8 Å². The zero-order chi connectivity index (χ0) is 16.4. The van der Waals surface area contributed by atoms with Crippen LogP contribution >= 0.6 is 22.7 Å². The Morgan fingerprint density at radius 3 is 2.96 bits per heavy atom. The highest BCUT2D eigenvalue weighted by molar-refractivity contribution is 7.14. The van der Waals surface area contributed by atoms with Gasteiger partial charge in [0.2, 0.25) is 0 Å². The lowest BCUT2D eigenvalue weighted by molar-refractivity contribution is 0.0524. The molecular formula is C15H16N4O2S2. The Kier molecular flexibility index (Phi) is 4.29. The van der Waals surface area contributed by atoms with Gasteiger partial charge in [-0.3, -0.25) is 9.48 Å². The number of hydrogen-bond acceptors (Lipinski definition) is 6. The van der Waals surface area contributed by atoms with Gasteiger partial charge in [0.1, 0.15) is 16.3 Å². The van der Waals surface area contributed by atoms with Crippen molar-refractivity contribution in [3.63, 3.8) is 0 Å². The number of thiophene rings is 1. The van der Waals surface area contributed by atoms with E-state index in [9.17, 15) is 9.90 Å². The fourth-order valence-electron chi connectivity index (χ4n) is 2.04. The highest BCUT2D eigenvalue weighted by Gasteiger charge is 2.26. The summed E-state index contributed by atoms with van der Waals surface area (Å²) in [5.74, 6) is -0.299. The number of amides is 1. The Hall–Kier alpha value is -2.03. The lowest BCUT2D eigenvalue weighted by atomic mass is 10.00. The summed E-state index contributed by atoms with van der Waals surface area (Å²) in [5, 5.41) is 23.7. The average Bonchev–Trinajstić information content (AvgIpc) is 3.24. The van der Waals surface area contributed by atoms with Crippen molar-refractivity contribution in [2.45, 2.75) is 12.5 Å². The van der Waals surface area contributed by atoms with Crippen LogP contribution in [0.3, 0.4) is 0 Å². The zero-order valence-electron chi connectivity index (χ0n) is 12.7. The van der Waals surface area contributed by atoms with E-state index in [0.717, 1.165) is 10.6 Å². The van der Waals surface area contributed by atoms with E-state index >= 15 is 0 Å². The summed E-state index contributed by atoms with van der Waals surface area (Å²) in [6.07, 6.45) is 3.31. The summed E-state index contributed by atoms with van der Waals surface area (Å²) in [4.78, 5) is 16.6. The van der Waals surface area contributed by atoms with Crippen LogP contribution in [-0.2, 0) is 12.6 Å². The molecule has 0 aromatic carbocycles. The maximum atomic E-state index is 12.2. The molecule has 8 heteroatoms. The lowest BCUT2D eigenvalue weighted by Crippen LogP contribution is -2.38. The number of hydrogen-bond donors (Lipinski definition) is 2. The molecule has 1 amide bonds. The molecule has 0 saturated heterocycles. The monoisotopic (exact) mass is 348 g/mol. The minimum atomic E-state index is -1.18. The van der Waals surface area contributed by atoms with Crippen LogP contribution < -0.4 is 5.32 Å². The molecule has 0 saturated carbocycles. The average molecular weight is 348 g/mol. The quantitative estimate of drug-likeness (QED) is 0.741. The molecule has 1 unspecified atom stereocenters. The summed E-state index contributed by atoms with van der Waals surface area (Å²) >= 11 is 3.02. The molecule has 23 heavy (non-hydrogen) atoms. The molecule has 3 heterocycles. The second-order valence-electron chi connectivity index (χ2n) is 5.41. The molecule has 0 aliphatic rings. The Labute approximate surface area is 141 Å². The molecular weight excluding hydrogens is 332 g/mol. The molecule has 6 nitrogen and oxygen atoms in total. The number of aryl methyl sites for hydroxylation is 1. The fraction of sp³-hybridized carbons (Fsp3) is 0.267. The first-order chi connectivity index (χ1) is 11.0. The number of aliphatic hydroxyl groups is 1. The van der Waals surface area contributed by atoms with Crippen molar-refractivity contribution >= 4 is 28.6 Å². The third-order valence-electron chi connectivity index (χ3n) is 3.42. The van der Waals surface area contributed by atoms with Crippen molar-refractivity contribution in [2.75, 3.05) is 6.54 Å². The molecule has 0 radical (unpaired) electrons. The van der Waals surface area contributed by atoms with E-state index in [2.05, 4.69) is 15.4 Å². The topological polar surface area (TPSA) is 80.0 Å². The number of aromatic nitrogens is 3. The van der Waals surface area contributed by atoms with Crippen molar-refractivity contribution in [1.29, 1.82) is 0 Å². The minimum absolute atomic E-state index is 0.0861. The van der Waals surface area contributed by atoms with Crippen molar-refractivity contribution in [1.82, 2.24) is 20.1 Å². The Morgan fingerprint density at radius 1 is 1.48 bits per heavy atom. The standard InChI is InChI=1S/C15H16N4O2S2/c1-15(21,11-5-17-19(2)6-11)9-16-13(20)12-8-23-14(18-12)10-3-4-22-7-10/h3-8,21H,9H2,1-2H3,(H,16,20). The molecule has 0 bridgehead atoms. The number of rotatable bonds is 5. The number of carbonyl (C=O) groups excluding carboxylic acids is 1. The van der Waals surface area contributed by atoms with Crippen molar-refractivity contribution in [3.05, 3.63) is 45.9 Å². The Morgan fingerprint density at radius 2 is 2.30 bits per heavy atom. The predicted octanol–water partition coefficient (Wildman–Crippen LogP) is 2.24. The summed E-state index contributed by atoms with van der Waals surface area (Å²) in [6, 6.07) is 1.97. The summed E-state index contributed by atoms with van der Waals surface area (Å²) in [6.45, 7) is 1.73. The molecule has 3 aromatic rings. The minimum Gasteiger partial charge on any atom is -0.383 e. The van der Waals surface area contributed by atoms with E-state index < -0.39 is 5.60 Å². The lowest BCUT2D eigenvalue weighted by Gasteiger charge is -2.21. The van der Waals surface area contributed by atoms with Gasteiger partial charge in [0.05, 0.1) is 12.7 Å². The summed E-state index contributed by atoms with van der Waals surface area (Å²) < 4.78 is 1.61. The van der Waals surface area contributed by atoms with Crippen LogP contribution in [0.15, 0.2) is 34.6 Å². The normalized spacial score (nSPS) is 13.7. The Balaban J connectivity index is 1.65. The smallest absolute Gasteiger partial charge is 0.270 e. The van der Waals surface area contributed by atoms with Crippen LogP contribution in [0.4, 0.5) is 0 Å². The van der Waals surface area contributed by atoms with Crippen LogP contribution in [0.2, 0.25) is 0 Å². The van der Waals surface area contributed by atoms with Gasteiger partial charge in [-0.1, -0.05) is 0 Å². The molecule has 0 spiro atoms. The van der Waals surface area contributed by atoms with Gasteiger partial charge < -0.3 is 10.4 Å². The molecule has 0 fully saturated rings. The first-order valence-corrected chi connectivity index (χ1v) is 8.76. The maximum absolute atomic E-state index is 12.2. The second-order valence-corrected chi connectivity index (χ2v) is 7.05. The van der Waals surface area contributed by atoms with Gasteiger partial charge in [-0.05, 0) is 18.4 Å². The van der Waals surface area contributed by atoms with Crippen LogP contribution in [-0.4, -0.2) is 32.3 Å². The Bertz CT molecular complexity index is 805. The molecule has 3 aromatic heterocycles. The third kappa shape index (κ3) is 3.49. The van der Waals surface area contributed by atoms with Gasteiger partial charge in [-0.2, -0.15) is 16.4 Å². The van der Waals surface area contributed by atoms with Gasteiger partial charge in [0, 0.05) is 35.1 Å². The molecule has 3 rings (SSSR count). The summed E-state index contributed by atoms with van der Waals surface area (Å²) in [5.41, 5.74) is 0.841. The molecule has 120 valence electrons. The van der Waals surface area contributed by atoms with Gasteiger partial charge in [0.25, 0.3) is 5.91 Å². The van der Waals surface area contributed by atoms with Gasteiger partial charge in [-0.15, -0.1) is 11.3 Å².